The van der Waals surface area contributed by atoms with Crippen LogP contribution in [0.4, 0.5) is 19.0 Å². The van der Waals surface area contributed by atoms with Gasteiger partial charge in [-0.3, -0.25) is 4.57 Å². The summed E-state index contributed by atoms with van der Waals surface area (Å²) < 4.78 is 44.8. The van der Waals surface area contributed by atoms with Crippen molar-refractivity contribution in [1.82, 2.24) is 14.9 Å². The average Bonchev–Trinajstić information content (AvgIpc) is 3.02. The van der Waals surface area contributed by atoms with Gasteiger partial charge < -0.3 is 10.2 Å². The summed E-state index contributed by atoms with van der Waals surface area (Å²) >= 11 is 8.64. The van der Waals surface area contributed by atoms with Crippen molar-refractivity contribution in [3.63, 3.8) is 0 Å². The topological polar surface area (TPSA) is 50.2 Å². The van der Waals surface area contributed by atoms with Crippen LogP contribution in [0.2, 0.25) is 5.02 Å². The molecule has 3 aromatic rings. The summed E-state index contributed by atoms with van der Waals surface area (Å²) in [5.74, 6) is 0.942. The highest BCUT2D eigenvalue weighted by molar-refractivity contribution is 7.99. The molecule has 1 N–H and O–H groups in total. The van der Waals surface area contributed by atoms with Crippen LogP contribution in [0, 0.1) is 0 Å². The zero-order valence-electron chi connectivity index (χ0n) is 18.0. The lowest BCUT2D eigenvalue weighted by Crippen LogP contribution is -2.55. The highest BCUT2D eigenvalue weighted by atomic mass is 35.5. The Morgan fingerprint density at radius 1 is 1.21 bits per heavy atom. The van der Waals surface area contributed by atoms with E-state index in [9.17, 15) is 18.0 Å². The second kappa shape index (κ2) is 8.48. The van der Waals surface area contributed by atoms with Crippen LogP contribution in [-0.2, 0) is 12.7 Å². The molecule has 2 aromatic heterocycles. The predicted molar refractivity (Wildman–Crippen MR) is 129 cm³/mol. The van der Waals surface area contributed by atoms with E-state index < -0.39 is 17.4 Å². The van der Waals surface area contributed by atoms with Crippen LogP contribution in [0.5, 0.6) is 0 Å². The van der Waals surface area contributed by atoms with Crippen molar-refractivity contribution in [1.29, 1.82) is 0 Å². The Bertz CT molecular complexity index is 1280. The number of anilines is 1. The van der Waals surface area contributed by atoms with Gasteiger partial charge in [-0.05, 0) is 38.2 Å². The Kier molecular flexibility index (Phi) is 5.91. The molecule has 0 unspecified atom stereocenters. The van der Waals surface area contributed by atoms with Gasteiger partial charge in [0.05, 0.1) is 16.1 Å². The minimum Gasteiger partial charge on any atom is -0.353 e. The molecule has 5 nitrogen and oxygen atoms in total. The van der Waals surface area contributed by atoms with Crippen molar-refractivity contribution >= 4 is 51.4 Å². The van der Waals surface area contributed by atoms with Crippen molar-refractivity contribution < 1.29 is 13.2 Å². The third-order valence-corrected chi connectivity index (χ3v) is 8.42. The Morgan fingerprint density at radius 2 is 1.94 bits per heavy atom. The molecule has 176 valence electrons. The minimum absolute atomic E-state index is 0.103. The number of piperazine rings is 1. The lowest BCUT2D eigenvalue weighted by molar-refractivity contribution is -0.137. The van der Waals surface area contributed by atoms with Crippen LogP contribution in [0.15, 0.2) is 27.2 Å². The van der Waals surface area contributed by atoms with Crippen LogP contribution >= 0.6 is 34.7 Å². The van der Waals surface area contributed by atoms with Crippen molar-refractivity contribution in [3.05, 3.63) is 38.6 Å². The van der Waals surface area contributed by atoms with Gasteiger partial charge >= 0.3 is 11.9 Å². The fraction of sp³-hybridized carbons (Fsp3) is 0.455. The summed E-state index contributed by atoms with van der Waals surface area (Å²) in [4.78, 5) is 20.3. The first-order chi connectivity index (χ1) is 15.6. The number of hydrogen-bond acceptors (Lipinski definition) is 6. The van der Waals surface area contributed by atoms with Crippen molar-refractivity contribution in [2.45, 2.75) is 50.0 Å². The van der Waals surface area contributed by atoms with Crippen LogP contribution in [0.25, 0.3) is 21.3 Å². The van der Waals surface area contributed by atoms with Gasteiger partial charge in [0.1, 0.15) is 5.82 Å². The second-order valence-electron chi connectivity index (χ2n) is 8.60. The Morgan fingerprint density at radius 3 is 2.58 bits per heavy atom. The van der Waals surface area contributed by atoms with Gasteiger partial charge in [-0.15, -0.1) is 23.1 Å². The molecule has 5 rings (SSSR count). The van der Waals surface area contributed by atoms with Gasteiger partial charge in [0, 0.05) is 57.8 Å². The third kappa shape index (κ3) is 4.15. The summed E-state index contributed by atoms with van der Waals surface area (Å²) in [6.45, 7) is 5.57. The van der Waals surface area contributed by atoms with Gasteiger partial charge in [-0.2, -0.15) is 18.2 Å². The zero-order valence-corrected chi connectivity index (χ0v) is 20.4. The van der Waals surface area contributed by atoms with Gasteiger partial charge in [-0.25, -0.2) is 4.79 Å². The van der Waals surface area contributed by atoms with Crippen LogP contribution in [0.3, 0.4) is 0 Å². The Balaban J connectivity index is 1.89. The quantitative estimate of drug-likeness (QED) is 0.491. The molecule has 2 aliphatic rings. The van der Waals surface area contributed by atoms with Gasteiger partial charge in [0.25, 0.3) is 0 Å². The maximum atomic E-state index is 14.4. The minimum atomic E-state index is -4.58. The highest BCUT2D eigenvalue weighted by Crippen LogP contribution is 2.49. The molecule has 0 bridgehead atoms. The van der Waals surface area contributed by atoms with E-state index in [0.717, 1.165) is 0 Å². The summed E-state index contributed by atoms with van der Waals surface area (Å²) in [7, 11) is 0. The van der Waals surface area contributed by atoms with E-state index in [2.05, 4.69) is 10.3 Å². The van der Waals surface area contributed by atoms with E-state index in [4.69, 9.17) is 11.6 Å². The maximum Gasteiger partial charge on any atom is 0.417 e. The summed E-state index contributed by atoms with van der Waals surface area (Å²) in [5, 5.41) is 5.81. The first-order valence-corrected chi connectivity index (χ1v) is 12.9. The van der Waals surface area contributed by atoms with Crippen LogP contribution < -0.4 is 15.9 Å². The number of aromatic nitrogens is 2. The zero-order chi connectivity index (χ0) is 23.5. The molecule has 2 aliphatic heterocycles. The van der Waals surface area contributed by atoms with Crippen LogP contribution in [0.1, 0.15) is 25.8 Å². The molecule has 0 saturated carbocycles. The second-order valence-corrected chi connectivity index (χ2v) is 11.0. The summed E-state index contributed by atoms with van der Waals surface area (Å²) in [6.07, 6.45) is -3.91. The number of rotatable bonds is 2. The molecule has 2 atom stereocenters. The number of hydrogen-bond donors (Lipinski definition) is 1. The first-order valence-electron chi connectivity index (χ1n) is 10.7. The number of thiophene rings is 1. The van der Waals surface area contributed by atoms with Gasteiger partial charge in [0.2, 0.25) is 0 Å². The van der Waals surface area contributed by atoms with E-state index in [1.54, 1.807) is 16.0 Å². The fourth-order valence-corrected chi connectivity index (χ4v) is 7.19. The number of alkyl halides is 3. The molecular weight excluding hydrogens is 493 g/mol. The molecular formula is C22H22ClF3N4OS2. The predicted octanol–water partition coefficient (Wildman–Crippen LogP) is 5.48. The molecule has 0 amide bonds. The standard InChI is InChI=1S/C22H22ClF3N4OS2/c1-11-8-29(9-12(2)27-11)20-14-7-15(22(24,25)26)17(16-6-13(23)10-33-16)19-18(14)30(21(31)28-20)4-3-5-32-19/h6-7,10-12,27H,3-5,8-9H2,1-2H3/t11-,12+. The van der Waals surface area contributed by atoms with Gasteiger partial charge in [-0.1, -0.05) is 11.6 Å². The normalized spacial score (nSPS) is 21.5. The molecule has 11 heteroatoms. The lowest BCUT2D eigenvalue weighted by Gasteiger charge is -2.37. The van der Waals surface area contributed by atoms with Crippen molar-refractivity contribution in [2.75, 3.05) is 23.7 Å². The van der Waals surface area contributed by atoms with E-state index in [1.165, 1.54) is 29.2 Å². The van der Waals surface area contributed by atoms with E-state index in [-0.39, 0.29) is 17.6 Å². The SMILES string of the molecule is C[C@@H]1CN(c2nc(=O)n3c4c(c(-c5cc(Cl)cs5)c(C(F)(F)F)cc24)SCCC3)C[C@H](C)N1. The molecule has 0 spiro atoms. The number of benzene rings is 1. The Hall–Kier alpha value is -1.75. The molecule has 1 aromatic carbocycles. The monoisotopic (exact) mass is 514 g/mol. The molecule has 0 radical (unpaired) electrons. The summed E-state index contributed by atoms with van der Waals surface area (Å²) in [6, 6.07) is 2.98. The molecule has 1 saturated heterocycles. The summed E-state index contributed by atoms with van der Waals surface area (Å²) in [5.41, 5.74) is -0.498. The first kappa shape index (κ1) is 23.0. The smallest absolute Gasteiger partial charge is 0.353 e. The number of halogens is 4. The average molecular weight is 515 g/mol. The third-order valence-electron chi connectivity index (χ3n) is 5.95. The number of nitrogens with one attached hydrogen (secondary N) is 1. The fourth-order valence-electron chi connectivity index (χ4n) is 4.79. The van der Waals surface area contributed by atoms with E-state index >= 15 is 0 Å². The molecule has 1 fully saturated rings. The highest BCUT2D eigenvalue weighted by Gasteiger charge is 2.38. The molecule has 4 heterocycles. The molecule has 0 aliphatic carbocycles. The number of nitrogens with zero attached hydrogens (tertiary/aromatic N) is 3. The van der Waals surface area contributed by atoms with Crippen molar-refractivity contribution in [3.8, 4) is 10.4 Å². The lowest BCUT2D eigenvalue weighted by atomic mass is 10.0. The number of thioether (sulfide) groups is 1. The van der Waals surface area contributed by atoms with Crippen LogP contribution in [-0.4, -0.2) is 40.5 Å². The largest absolute Gasteiger partial charge is 0.417 e. The van der Waals surface area contributed by atoms with Crippen molar-refractivity contribution in [2.24, 2.45) is 0 Å². The van der Waals surface area contributed by atoms with E-state index in [1.807, 2.05) is 18.7 Å². The Labute approximate surface area is 201 Å². The van der Waals surface area contributed by atoms with Gasteiger partial charge in [0.15, 0.2) is 0 Å². The molecule has 33 heavy (non-hydrogen) atoms. The number of aryl methyl sites for hydroxylation is 1. The maximum absolute atomic E-state index is 14.4. The van der Waals surface area contributed by atoms with E-state index in [0.29, 0.717) is 63.3 Å².